The third-order valence-corrected chi connectivity index (χ3v) is 5.83. The first-order valence-electron chi connectivity index (χ1n) is 9.98. The molecule has 0 bridgehead atoms. The zero-order valence-electron chi connectivity index (χ0n) is 15.7. The zero-order chi connectivity index (χ0) is 17.8. The van der Waals surface area contributed by atoms with Crippen LogP contribution < -0.4 is 0 Å². The summed E-state index contributed by atoms with van der Waals surface area (Å²) in [5.41, 5.74) is 3.72. The molecule has 1 saturated heterocycles. The number of likely N-dealkylation sites (tertiary alicyclic amines) is 1. The van der Waals surface area contributed by atoms with Gasteiger partial charge in [-0.05, 0) is 61.9 Å². The number of nitrogens with one attached hydrogen (secondary N) is 1. The van der Waals surface area contributed by atoms with E-state index in [-0.39, 0.29) is 0 Å². The average molecular weight is 348 g/mol. The standard InChI is InChI=1S/C23H29N3/c1-18-17-26(15-13-20(18)16-19-8-3-2-4-9-19)14-7-12-23-24-21-10-5-6-11-22(21)25-23/h2-6,8-11,18,20H,7,12-17H2,1H3,(H,24,25). The van der Waals surface area contributed by atoms with E-state index in [1.165, 1.54) is 44.5 Å². The number of aromatic amines is 1. The molecule has 0 amide bonds. The van der Waals surface area contributed by atoms with Crippen molar-refractivity contribution in [3.05, 3.63) is 66.0 Å². The number of fused-ring (bicyclic) bond motifs is 1. The quantitative estimate of drug-likeness (QED) is 0.701. The van der Waals surface area contributed by atoms with Crippen LogP contribution in [-0.2, 0) is 12.8 Å². The third kappa shape index (κ3) is 4.16. The van der Waals surface area contributed by atoms with Crippen LogP contribution >= 0.6 is 0 Å². The van der Waals surface area contributed by atoms with E-state index in [1.54, 1.807) is 0 Å². The lowest BCUT2D eigenvalue weighted by Crippen LogP contribution is -2.40. The SMILES string of the molecule is CC1CN(CCCc2nc3ccccc3[nH]2)CCC1Cc1ccccc1. The molecule has 26 heavy (non-hydrogen) atoms. The van der Waals surface area contributed by atoms with Gasteiger partial charge in [0.2, 0.25) is 0 Å². The first kappa shape index (κ1) is 17.3. The van der Waals surface area contributed by atoms with Crippen LogP contribution in [0.3, 0.4) is 0 Å². The largest absolute Gasteiger partial charge is 0.342 e. The summed E-state index contributed by atoms with van der Waals surface area (Å²) in [6.45, 7) is 6.08. The van der Waals surface area contributed by atoms with Crippen molar-refractivity contribution in [3.8, 4) is 0 Å². The molecule has 3 nitrogen and oxygen atoms in total. The number of hydrogen-bond acceptors (Lipinski definition) is 2. The second-order valence-corrected chi connectivity index (χ2v) is 7.82. The molecule has 1 aromatic heterocycles. The number of rotatable bonds is 6. The topological polar surface area (TPSA) is 31.9 Å². The lowest BCUT2D eigenvalue weighted by molar-refractivity contribution is 0.128. The summed E-state index contributed by atoms with van der Waals surface area (Å²) < 4.78 is 0. The number of nitrogens with zero attached hydrogens (tertiary/aromatic N) is 2. The van der Waals surface area contributed by atoms with Crippen molar-refractivity contribution in [2.45, 2.75) is 32.6 Å². The highest BCUT2D eigenvalue weighted by Gasteiger charge is 2.25. The molecule has 2 unspecified atom stereocenters. The van der Waals surface area contributed by atoms with Gasteiger partial charge in [-0.15, -0.1) is 0 Å². The number of piperidine rings is 1. The van der Waals surface area contributed by atoms with Crippen molar-refractivity contribution in [1.29, 1.82) is 0 Å². The number of imidazole rings is 1. The predicted molar refractivity (Wildman–Crippen MR) is 108 cm³/mol. The predicted octanol–water partition coefficient (Wildman–Crippen LogP) is 4.70. The summed E-state index contributed by atoms with van der Waals surface area (Å²) in [4.78, 5) is 10.8. The van der Waals surface area contributed by atoms with E-state index in [0.717, 1.165) is 35.1 Å². The number of aromatic nitrogens is 2. The van der Waals surface area contributed by atoms with E-state index in [1.807, 2.05) is 6.07 Å². The summed E-state index contributed by atoms with van der Waals surface area (Å²) in [6.07, 6.45) is 4.76. The minimum Gasteiger partial charge on any atom is -0.342 e. The van der Waals surface area contributed by atoms with Gasteiger partial charge in [0.25, 0.3) is 0 Å². The molecule has 0 radical (unpaired) electrons. The van der Waals surface area contributed by atoms with E-state index in [0.29, 0.717) is 0 Å². The van der Waals surface area contributed by atoms with Gasteiger partial charge < -0.3 is 9.88 Å². The molecule has 1 aliphatic rings. The van der Waals surface area contributed by atoms with E-state index in [9.17, 15) is 0 Å². The molecule has 3 aromatic rings. The maximum absolute atomic E-state index is 4.70. The Morgan fingerprint density at radius 1 is 1.08 bits per heavy atom. The molecule has 1 fully saturated rings. The van der Waals surface area contributed by atoms with Crippen LogP contribution in [0, 0.1) is 11.8 Å². The summed E-state index contributed by atoms with van der Waals surface area (Å²) in [5, 5.41) is 0. The van der Waals surface area contributed by atoms with Crippen LogP contribution in [0.25, 0.3) is 11.0 Å². The van der Waals surface area contributed by atoms with Gasteiger partial charge in [-0.25, -0.2) is 4.98 Å². The molecule has 4 rings (SSSR count). The van der Waals surface area contributed by atoms with Gasteiger partial charge in [-0.1, -0.05) is 49.4 Å². The molecule has 136 valence electrons. The summed E-state index contributed by atoms with van der Waals surface area (Å²) >= 11 is 0. The first-order chi connectivity index (χ1) is 12.8. The van der Waals surface area contributed by atoms with E-state index in [4.69, 9.17) is 4.98 Å². The molecular weight excluding hydrogens is 318 g/mol. The second-order valence-electron chi connectivity index (χ2n) is 7.82. The van der Waals surface area contributed by atoms with Gasteiger partial charge in [0, 0.05) is 13.0 Å². The molecule has 3 heteroatoms. The lowest BCUT2D eigenvalue weighted by atomic mass is 9.82. The zero-order valence-corrected chi connectivity index (χ0v) is 15.7. The average Bonchev–Trinajstić information content (AvgIpc) is 3.07. The number of benzene rings is 2. The van der Waals surface area contributed by atoms with Crippen LogP contribution in [-0.4, -0.2) is 34.5 Å². The highest BCUT2D eigenvalue weighted by atomic mass is 15.1. The van der Waals surface area contributed by atoms with Gasteiger partial charge >= 0.3 is 0 Å². The molecule has 1 N–H and O–H groups in total. The lowest BCUT2D eigenvalue weighted by Gasteiger charge is -2.37. The summed E-state index contributed by atoms with van der Waals surface area (Å²) in [7, 11) is 0. The van der Waals surface area contributed by atoms with Crippen LogP contribution in [0.2, 0.25) is 0 Å². The minimum atomic E-state index is 0.773. The Morgan fingerprint density at radius 3 is 2.69 bits per heavy atom. The molecule has 0 spiro atoms. The Labute approximate surface area is 156 Å². The molecular formula is C23H29N3. The van der Waals surface area contributed by atoms with Crippen molar-refractivity contribution in [3.63, 3.8) is 0 Å². The fourth-order valence-electron chi connectivity index (χ4n) is 4.30. The number of H-pyrrole nitrogens is 1. The van der Waals surface area contributed by atoms with Gasteiger partial charge in [0.1, 0.15) is 5.82 Å². The smallest absolute Gasteiger partial charge is 0.107 e. The molecule has 0 saturated carbocycles. The van der Waals surface area contributed by atoms with Crippen LogP contribution in [0.4, 0.5) is 0 Å². The first-order valence-corrected chi connectivity index (χ1v) is 9.98. The maximum Gasteiger partial charge on any atom is 0.107 e. The Bertz CT molecular complexity index is 791. The molecule has 2 aromatic carbocycles. The van der Waals surface area contributed by atoms with Gasteiger partial charge in [0.15, 0.2) is 0 Å². The maximum atomic E-state index is 4.70. The highest BCUT2D eigenvalue weighted by molar-refractivity contribution is 5.74. The van der Waals surface area contributed by atoms with Crippen molar-refractivity contribution in [2.24, 2.45) is 11.8 Å². The minimum absolute atomic E-state index is 0.773. The van der Waals surface area contributed by atoms with Crippen molar-refractivity contribution >= 4 is 11.0 Å². The normalized spacial score (nSPS) is 21.3. The van der Waals surface area contributed by atoms with Crippen LogP contribution in [0.15, 0.2) is 54.6 Å². The Hall–Kier alpha value is -2.13. The number of hydrogen-bond donors (Lipinski definition) is 1. The number of para-hydroxylation sites is 2. The third-order valence-electron chi connectivity index (χ3n) is 5.83. The molecule has 2 atom stereocenters. The van der Waals surface area contributed by atoms with Crippen molar-refractivity contribution < 1.29 is 0 Å². The summed E-state index contributed by atoms with van der Waals surface area (Å²) in [6, 6.07) is 19.3. The fourth-order valence-corrected chi connectivity index (χ4v) is 4.30. The Morgan fingerprint density at radius 2 is 1.88 bits per heavy atom. The molecule has 1 aliphatic heterocycles. The van der Waals surface area contributed by atoms with Crippen molar-refractivity contribution in [1.82, 2.24) is 14.9 Å². The van der Waals surface area contributed by atoms with E-state index < -0.39 is 0 Å². The van der Waals surface area contributed by atoms with Gasteiger partial charge in [-0.2, -0.15) is 0 Å². The monoisotopic (exact) mass is 347 g/mol. The van der Waals surface area contributed by atoms with Crippen LogP contribution in [0.1, 0.15) is 31.2 Å². The highest BCUT2D eigenvalue weighted by Crippen LogP contribution is 2.27. The van der Waals surface area contributed by atoms with Gasteiger partial charge in [-0.3, -0.25) is 0 Å². The Kier molecular flexibility index (Phi) is 5.35. The number of aryl methyl sites for hydroxylation is 1. The van der Waals surface area contributed by atoms with Crippen molar-refractivity contribution in [2.75, 3.05) is 19.6 Å². The molecule has 0 aliphatic carbocycles. The fraction of sp³-hybridized carbons (Fsp3) is 0.435. The molecule has 2 heterocycles. The van der Waals surface area contributed by atoms with E-state index in [2.05, 4.69) is 65.3 Å². The van der Waals surface area contributed by atoms with Gasteiger partial charge in [0.05, 0.1) is 11.0 Å². The summed E-state index contributed by atoms with van der Waals surface area (Å²) in [5.74, 6) is 2.72. The van der Waals surface area contributed by atoms with E-state index >= 15 is 0 Å². The van der Waals surface area contributed by atoms with Crippen LogP contribution in [0.5, 0.6) is 0 Å². The Balaban J connectivity index is 1.24. The second kappa shape index (κ2) is 8.05.